The third kappa shape index (κ3) is 3.06. The third-order valence-corrected chi connectivity index (χ3v) is 8.15. The fourth-order valence-electron chi connectivity index (χ4n) is 6.51. The van der Waals surface area contributed by atoms with Gasteiger partial charge in [-0.15, -0.1) is 0 Å². The Bertz CT molecular complexity index is 1110. The minimum Gasteiger partial charge on any atom is -0.504 e. The van der Waals surface area contributed by atoms with Gasteiger partial charge < -0.3 is 29.5 Å². The molecule has 1 heterocycles. The second-order valence-corrected chi connectivity index (χ2v) is 9.92. The van der Waals surface area contributed by atoms with E-state index in [1.165, 1.54) is 6.92 Å². The van der Waals surface area contributed by atoms with Crippen molar-refractivity contribution in [1.82, 2.24) is 0 Å². The summed E-state index contributed by atoms with van der Waals surface area (Å²) in [5.74, 6) is -1.87. The number of carbonyl (C=O) groups excluding carboxylic acids is 2. The lowest BCUT2D eigenvalue weighted by atomic mass is 9.45. The first kappa shape index (κ1) is 22.7. The number of carbonyl (C=O) groups is 3. The van der Waals surface area contributed by atoms with Gasteiger partial charge in [-0.25, -0.2) is 4.79 Å². The van der Waals surface area contributed by atoms with Crippen molar-refractivity contribution < 1.29 is 43.9 Å². The van der Waals surface area contributed by atoms with Crippen LogP contribution in [0.1, 0.15) is 57.1 Å². The molecule has 9 nitrogen and oxygen atoms in total. The highest BCUT2D eigenvalue weighted by Gasteiger charge is 2.71. The molecule has 1 fully saturated rings. The van der Waals surface area contributed by atoms with Gasteiger partial charge >= 0.3 is 17.9 Å². The number of carboxylic acid groups (broad SMARTS) is 1. The minimum absolute atomic E-state index is 0.00911. The average Bonchev–Trinajstić information content (AvgIpc) is 3.14. The molecule has 0 radical (unpaired) electrons. The first-order valence-corrected chi connectivity index (χ1v) is 11.7. The smallest absolute Gasteiger partial charge is 0.344 e. The van der Waals surface area contributed by atoms with E-state index < -0.39 is 41.1 Å². The number of phenolic OH excluding ortho intramolecular Hbond substituents is 1. The van der Waals surface area contributed by atoms with Gasteiger partial charge in [0.2, 0.25) is 0 Å². The van der Waals surface area contributed by atoms with Crippen molar-refractivity contribution in [2.24, 2.45) is 11.8 Å². The molecule has 1 unspecified atom stereocenters. The van der Waals surface area contributed by atoms with Gasteiger partial charge in [-0.05, 0) is 62.1 Å². The maximum absolute atomic E-state index is 12.6. The molecular formula is C25H28O9. The highest BCUT2D eigenvalue weighted by atomic mass is 16.6. The number of hydrogen-bond acceptors (Lipinski definition) is 8. The minimum atomic E-state index is -1.30. The molecule has 1 aromatic rings. The molecular weight excluding hydrogens is 444 g/mol. The van der Waals surface area contributed by atoms with Gasteiger partial charge in [0.25, 0.3) is 0 Å². The van der Waals surface area contributed by atoms with Gasteiger partial charge in [0, 0.05) is 5.56 Å². The summed E-state index contributed by atoms with van der Waals surface area (Å²) < 4.78 is 16.6. The molecule has 1 saturated carbocycles. The number of ether oxygens (including phenoxy) is 3. The topological polar surface area (TPSA) is 140 Å². The summed E-state index contributed by atoms with van der Waals surface area (Å²) in [6.45, 7) is 3.38. The lowest BCUT2D eigenvalue weighted by molar-refractivity contribution is -0.171. The lowest BCUT2D eigenvalue weighted by Crippen LogP contribution is -2.69. The molecule has 3 aliphatic carbocycles. The number of aliphatic hydroxyl groups is 1. The quantitative estimate of drug-likeness (QED) is 0.532. The van der Waals surface area contributed by atoms with E-state index >= 15 is 0 Å². The highest BCUT2D eigenvalue weighted by Crippen LogP contribution is 2.68. The van der Waals surface area contributed by atoms with Crippen LogP contribution < -0.4 is 4.74 Å². The van der Waals surface area contributed by atoms with Gasteiger partial charge in [-0.3, -0.25) is 9.59 Å². The third-order valence-electron chi connectivity index (χ3n) is 8.15. The summed E-state index contributed by atoms with van der Waals surface area (Å²) in [5, 5.41) is 31.4. The molecule has 1 aromatic carbocycles. The summed E-state index contributed by atoms with van der Waals surface area (Å²) in [6.07, 6.45) is 1.47. The van der Waals surface area contributed by atoms with Crippen molar-refractivity contribution in [2.75, 3.05) is 0 Å². The average molecular weight is 472 g/mol. The van der Waals surface area contributed by atoms with Gasteiger partial charge in [0.15, 0.2) is 23.7 Å². The fraction of sp³-hybridized carbons (Fsp3) is 0.560. The van der Waals surface area contributed by atoms with Crippen LogP contribution >= 0.6 is 0 Å². The van der Waals surface area contributed by atoms with Crippen molar-refractivity contribution in [3.8, 4) is 11.5 Å². The summed E-state index contributed by atoms with van der Waals surface area (Å²) in [5.41, 5.74) is -0.0597. The normalized spacial score (nSPS) is 33.1. The maximum Gasteiger partial charge on any atom is 0.344 e. The Morgan fingerprint density at radius 2 is 1.97 bits per heavy atom. The van der Waals surface area contributed by atoms with Crippen molar-refractivity contribution in [3.63, 3.8) is 0 Å². The molecule has 0 aromatic heterocycles. The van der Waals surface area contributed by atoms with Crippen LogP contribution in [0.15, 0.2) is 24.0 Å². The molecule has 1 spiro atoms. The SMILES string of the molecule is CC1CC[C@]23c4c5ccc(O)c4O[C@H]2C(OC(=O)CCC(=O)O[C@@H](C)C(=O)O)=CC[C@@]3(O)[C@H]1C5. The molecule has 9 heteroatoms. The zero-order valence-corrected chi connectivity index (χ0v) is 19.1. The van der Waals surface area contributed by atoms with E-state index in [2.05, 4.69) is 6.92 Å². The van der Waals surface area contributed by atoms with Gasteiger partial charge in [-0.1, -0.05) is 13.0 Å². The van der Waals surface area contributed by atoms with Crippen molar-refractivity contribution in [1.29, 1.82) is 0 Å². The Morgan fingerprint density at radius 1 is 1.24 bits per heavy atom. The van der Waals surface area contributed by atoms with Gasteiger partial charge in [0.1, 0.15) is 5.76 Å². The first-order chi connectivity index (χ1) is 16.1. The molecule has 5 rings (SSSR count). The van der Waals surface area contributed by atoms with E-state index in [1.54, 1.807) is 12.1 Å². The Hall–Kier alpha value is -3.07. The zero-order valence-electron chi connectivity index (χ0n) is 19.1. The number of hydrogen-bond donors (Lipinski definition) is 3. The number of benzene rings is 1. The lowest BCUT2D eigenvalue weighted by Gasteiger charge is -2.61. The second-order valence-electron chi connectivity index (χ2n) is 9.92. The van der Waals surface area contributed by atoms with Crippen LogP contribution in [-0.4, -0.2) is 51.0 Å². The predicted octanol–water partition coefficient (Wildman–Crippen LogP) is 2.35. The van der Waals surface area contributed by atoms with Gasteiger partial charge in [0.05, 0.1) is 23.9 Å². The van der Waals surface area contributed by atoms with Crippen LogP contribution in [-0.2, 0) is 35.7 Å². The second kappa shape index (κ2) is 7.73. The van der Waals surface area contributed by atoms with E-state index in [-0.39, 0.29) is 36.7 Å². The van der Waals surface area contributed by atoms with Gasteiger partial charge in [-0.2, -0.15) is 0 Å². The molecule has 0 amide bonds. The zero-order chi connectivity index (χ0) is 24.4. The van der Waals surface area contributed by atoms with E-state index in [0.29, 0.717) is 24.5 Å². The Balaban J connectivity index is 1.40. The molecule has 34 heavy (non-hydrogen) atoms. The summed E-state index contributed by atoms with van der Waals surface area (Å²) in [6, 6.07) is 3.49. The Morgan fingerprint density at radius 3 is 2.71 bits per heavy atom. The molecule has 6 atom stereocenters. The molecule has 2 bridgehead atoms. The summed E-state index contributed by atoms with van der Waals surface area (Å²) in [4.78, 5) is 35.2. The molecule has 4 aliphatic rings. The fourth-order valence-corrected chi connectivity index (χ4v) is 6.51. The van der Waals surface area contributed by atoms with Crippen LogP contribution in [0.25, 0.3) is 0 Å². The largest absolute Gasteiger partial charge is 0.504 e. The monoisotopic (exact) mass is 472 g/mol. The molecule has 3 N–H and O–H groups in total. The molecule has 0 saturated heterocycles. The van der Waals surface area contributed by atoms with Crippen LogP contribution in [0.4, 0.5) is 0 Å². The number of carboxylic acids is 1. The van der Waals surface area contributed by atoms with Crippen LogP contribution in [0.2, 0.25) is 0 Å². The maximum atomic E-state index is 12.6. The van der Waals surface area contributed by atoms with Crippen LogP contribution in [0, 0.1) is 11.8 Å². The summed E-state index contributed by atoms with van der Waals surface area (Å²) >= 11 is 0. The number of aliphatic carboxylic acids is 1. The number of esters is 2. The van der Waals surface area contributed by atoms with E-state index in [0.717, 1.165) is 17.5 Å². The number of aromatic hydroxyl groups is 1. The Labute approximate surface area is 196 Å². The molecule has 1 aliphatic heterocycles. The van der Waals surface area contributed by atoms with Crippen molar-refractivity contribution in [3.05, 3.63) is 35.1 Å². The Kier molecular flexibility index (Phi) is 5.16. The predicted molar refractivity (Wildman–Crippen MR) is 116 cm³/mol. The number of rotatable bonds is 6. The van der Waals surface area contributed by atoms with Crippen molar-refractivity contribution >= 4 is 17.9 Å². The van der Waals surface area contributed by atoms with E-state index in [1.807, 2.05) is 6.07 Å². The standard InChI is InChI=1S/C25H28O9/c1-12-7-9-24-20-14-3-4-16(26)21(20)34-22(24)17(8-10-25(24,31)15(12)11-14)33-19(28)6-5-18(27)32-13(2)23(29)30/h3-4,8,12-13,15,22,26,31H,5-7,9-11H2,1-2H3,(H,29,30)/t12?,13-,15-,22-,24-,25+/m0/s1. The highest BCUT2D eigenvalue weighted by molar-refractivity contribution is 5.81. The van der Waals surface area contributed by atoms with Crippen molar-refractivity contribution in [2.45, 2.75) is 75.6 Å². The van der Waals surface area contributed by atoms with Crippen LogP contribution in [0.5, 0.6) is 11.5 Å². The van der Waals surface area contributed by atoms with Crippen LogP contribution in [0.3, 0.4) is 0 Å². The summed E-state index contributed by atoms with van der Waals surface area (Å²) in [7, 11) is 0. The van der Waals surface area contributed by atoms with E-state index in [4.69, 9.17) is 19.3 Å². The molecule has 182 valence electrons. The van der Waals surface area contributed by atoms with E-state index in [9.17, 15) is 24.6 Å². The first-order valence-electron chi connectivity index (χ1n) is 11.7. The number of phenols is 1.